The molecule has 30 heavy (non-hydrogen) atoms. The molecule has 4 rings (SSSR count). The molecule has 4 aliphatic rings. The molecule has 1 N–H and O–H groups in total. The molecule has 4 nitrogen and oxygen atoms in total. The molecule has 0 aliphatic heterocycles. The summed E-state index contributed by atoms with van der Waals surface area (Å²) in [6, 6.07) is 0. The van der Waals surface area contributed by atoms with E-state index in [2.05, 4.69) is 20.8 Å². The van der Waals surface area contributed by atoms with E-state index in [9.17, 15) is 14.7 Å². The van der Waals surface area contributed by atoms with Gasteiger partial charge in [0.05, 0.1) is 13.2 Å². The number of esters is 1. The number of fused-ring (bicyclic) bond motifs is 5. The second-order valence-electron chi connectivity index (χ2n) is 11.3. The van der Waals surface area contributed by atoms with Gasteiger partial charge in [0.25, 0.3) is 0 Å². The van der Waals surface area contributed by atoms with Crippen LogP contribution in [-0.4, -0.2) is 30.1 Å². The van der Waals surface area contributed by atoms with Gasteiger partial charge in [-0.2, -0.15) is 0 Å². The van der Waals surface area contributed by atoms with E-state index < -0.39 is 0 Å². The van der Waals surface area contributed by atoms with Crippen LogP contribution in [0, 0.1) is 52.8 Å². The fourth-order valence-corrected chi connectivity index (χ4v) is 8.84. The summed E-state index contributed by atoms with van der Waals surface area (Å²) in [5.41, 5.74) is 0.228. The summed E-state index contributed by atoms with van der Waals surface area (Å²) in [6.07, 6.45) is 9.77. The van der Waals surface area contributed by atoms with Gasteiger partial charge in [0.2, 0.25) is 0 Å². The highest BCUT2D eigenvalue weighted by atomic mass is 16.5. The Bertz CT molecular complexity index is 659. The van der Waals surface area contributed by atoms with Crippen LogP contribution in [0.1, 0.15) is 85.0 Å². The Hall–Kier alpha value is -0.900. The summed E-state index contributed by atoms with van der Waals surface area (Å²) in [7, 11) is 1.47. The number of Topliss-reactive ketones (excluding diaryl/α,β-unsaturated/α-hetero) is 1. The predicted octanol–water partition coefficient (Wildman–Crippen LogP) is 5.02. The molecule has 0 aromatic rings. The first kappa shape index (κ1) is 22.3. The number of aliphatic hydroxyl groups excluding tert-OH is 1. The van der Waals surface area contributed by atoms with Crippen molar-refractivity contribution in [2.45, 2.75) is 91.1 Å². The maximum absolute atomic E-state index is 13.8. The number of carbonyl (C=O) groups excluding carboxylic acids is 2. The van der Waals surface area contributed by atoms with Gasteiger partial charge in [0, 0.05) is 18.3 Å². The molecule has 0 bridgehead atoms. The number of hydrogen-bond acceptors (Lipinski definition) is 4. The third-order valence-electron chi connectivity index (χ3n) is 10.2. The van der Waals surface area contributed by atoms with Gasteiger partial charge in [-0.3, -0.25) is 9.59 Å². The molecule has 0 radical (unpaired) electrons. The van der Waals surface area contributed by atoms with E-state index in [-0.39, 0.29) is 29.3 Å². The smallest absolute Gasteiger partial charge is 0.305 e. The number of hydrogen-bond donors (Lipinski definition) is 1. The zero-order valence-electron chi connectivity index (χ0n) is 19.4. The molecule has 4 saturated carbocycles. The molecule has 10 atom stereocenters. The van der Waals surface area contributed by atoms with E-state index in [0.29, 0.717) is 47.7 Å². The van der Waals surface area contributed by atoms with Crippen LogP contribution in [0.25, 0.3) is 0 Å². The molecule has 4 fully saturated rings. The van der Waals surface area contributed by atoms with Gasteiger partial charge in [-0.05, 0) is 98.7 Å². The van der Waals surface area contributed by atoms with Crippen LogP contribution in [0.2, 0.25) is 0 Å². The average molecular weight is 419 g/mol. The highest BCUT2D eigenvalue weighted by Crippen LogP contribution is 2.65. The van der Waals surface area contributed by atoms with Crippen molar-refractivity contribution in [3.05, 3.63) is 0 Å². The Morgan fingerprint density at radius 1 is 1.17 bits per heavy atom. The van der Waals surface area contributed by atoms with Gasteiger partial charge in [0.15, 0.2) is 0 Å². The van der Waals surface area contributed by atoms with E-state index >= 15 is 0 Å². The maximum atomic E-state index is 13.8. The normalized spacial score (nSPS) is 46.5. The van der Waals surface area contributed by atoms with Crippen molar-refractivity contribution in [1.29, 1.82) is 0 Å². The van der Waals surface area contributed by atoms with Crippen molar-refractivity contribution in [1.82, 2.24) is 0 Å². The van der Waals surface area contributed by atoms with Crippen molar-refractivity contribution in [2.75, 3.05) is 7.11 Å². The van der Waals surface area contributed by atoms with Gasteiger partial charge in [0.1, 0.15) is 5.78 Å². The van der Waals surface area contributed by atoms with Crippen molar-refractivity contribution in [3.8, 4) is 0 Å². The Balaban J connectivity index is 1.55. The van der Waals surface area contributed by atoms with Crippen LogP contribution in [0.5, 0.6) is 0 Å². The minimum atomic E-state index is -0.204. The fraction of sp³-hybridized carbons (Fsp3) is 0.923. The Kier molecular flexibility index (Phi) is 6.36. The number of ketones is 1. The molecule has 170 valence electrons. The lowest BCUT2D eigenvalue weighted by Gasteiger charge is -2.57. The first-order valence-electron chi connectivity index (χ1n) is 12.6. The second kappa shape index (κ2) is 8.56. The van der Waals surface area contributed by atoms with Gasteiger partial charge in [-0.1, -0.05) is 20.8 Å². The third-order valence-corrected chi connectivity index (χ3v) is 10.2. The maximum Gasteiger partial charge on any atom is 0.305 e. The van der Waals surface area contributed by atoms with E-state index in [1.54, 1.807) is 0 Å². The minimum Gasteiger partial charge on any atom is -0.469 e. The second-order valence-corrected chi connectivity index (χ2v) is 11.3. The van der Waals surface area contributed by atoms with E-state index in [1.807, 2.05) is 0 Å². The highest BCUT2D eigenvalue weighted by molar-refractivity contribution is 5.85. The molecule has 0 saturated heterocycles. The number of rotatable bonds is 5. The number of ether oxygens (including phenoxy) is 1. The first-order valence-corrected chi connectivity index (χ1v) is 12.6. The van der Waals surface area contributed by atoms with Crippen molar-refractivity contribution in [2.24, 2.45) is 52.8 Å². The van der Waals surface area contributed by atoms with Gasteiger partial charge < -0.3 is 9.84 Å². The van der Waals surface area contributed by atoms with E-state index in [1.165, 1.54) is 32.8 Å². The summed E-state index contributed by atoms with van der Waals surface area (Å²) in [5, 5.41) is 10.3. The predicted molar refractivity (Wildman–Crippen MR) is 117 cm³/mol. The van der Waals surface area contributed by atoms with Crippen molar-refractivity contribution >= 4 is 11.8 Å². The van der Waals surface area contributed by atoms with Crippen molar-refractivity contribution in [3.63, 3.8) is 0 Å². The fourth-order valence-electron chi connectivity index (χ4n) is 8.84. The largest absolute Gasteiger partial charge is 0.469 e. The molecule has 4 aliphatic carbocycles. The summed E-state index contributed by atoms with van der Waals surface area (Å²) >= 11 is 0. The van der Waals surface area contributed by atoms with Crippen molar-refractivity contribution < 1.29 is 19.4 Å². The quantitative estimate of drug-likeness (QED) is 0.637. The highest BCUT2D eigenvalue weighted by Gasteiger charge is 2.61. The molecular weight excluding hydrogens is 376 g/mol. The lowest BCUT2D eigenvalue weighted by atomic mass is 9.46. The minimum absolute atomic E-state index is 0.107. The molecule has 0 aromatic carbocycles. The molecule has 0 heterocycles. The Morgan fingerprint density at radius 2 is 1.93 bits per heavy atom. The molecule has 4 heteroatoms. The monoisotopic (exact) mass is 418 g/mol. The van der Waals surface area contributed by atoms with E-state index in [0.717, 1.165) is 32.1 Å². The topological polar surface area (TPSA) is 63.6 Å². The van der Waals surface area contributed by atoms with E-state index in [4.69, 9.17) is 4.74 Å². The number of aliphatic hydroxyl groups is 1. The summed E-state index contributed by atoms with van der Waals surface area (Å²) in [4.78, 5) is 25.5. The standard InChI is InChI=1S/C26H42O4/c1-5-17-20-14-16(27)7-8-18(20)19-12-13-26(3)21(15(2)6-11-23(28)30-4)9-10-22(26)24(19)25(17)29/h15-22,24,27H,5-14H2,1-4H3/t15-,16+,17-,18-,19?,20+,21-,22?,24?,26-/m1/s1. The van der Waals surface area contributed by atoms with Crippen LogP contribution in [0.15, 0.2) is 0 Å². The van der Waals surface area contributed by atoms with Crippen LogP contribution >= 0.6 is 0 Å². The molecule has 0 aromatic heterocycles. The Morgan fingerprint density at radius 3 is 2.63 bits per heavy atom. The van der Waals surface area contributed by atoms with Crippen LogP contribution in [0.4, 0.5) is 0 Å². The average Bonchev–Trinajstić information content (AvgIpc) is 3.08. The lowest BCUT2D eigenvalue weighted by molar-refractivity contribution is -0.156. The molecule has 3 unspecified atom stereocenters. The Labute approximate surface area is 182 Å². The molecule has 0 amide bonds. The summed E-state index contributed by atoms with van der Waals surface area (Å²) in [6.45, 7) is 6.95. The van der Waals surface area contributed by atoms with Gasteiger partial charge >= 0.3 is 5.97 Å². The SMILES string of the molecule is CC[C@H]1C(=O)C2C(CC[C@@]3(C)C2CC[C@@H]3[C@H](C)CCC(=O)OC)[C@H]2CC[C@H](O)C[C@H]21. The number of carbonyl (C=O) groups is 2. The lowest BCUT2D eigenvalue weighted by Crippen LogP contribution is -2.56. The zero-order valence-corrected chi connectivity index (χ0v) is 19.4. The first-order chi connectivity index (χ1) is 14.3. The van der Waals surface area contributed by atoms with Gasteiger partial charge in [-0.15, -0.1) is 0 Å². The molecular formula is C26H42O4. The van der Waals surface area contributed by atoms with Crippen LogP contribution in [0.3, 0.4) is 0 Å². The van der Waals surface area contributed by atoms with Crippen LogP contribution < -0.4 is 0 Å². The summed E-state index contributed by atoms with van der Waals surface area (Å²) in [5.74, 6) is 4.03. The zero-order chi connectivity index (χ0) is 21.6. The van der Waals surface area contributed by atoms with Crippen LogP contribution in [-0.2, 0) is 14.3 Å². The van der Waals surface area contributed by atoms with Gasteiger partial charge in [-0.25, -0.2) is 0 Å². The molecule has 0 spiro atoms. The third kappa shape index (κ3) is 3.55. The number of methoxy groups -OCH3 is 1. The summed E-state index contributed by atoms with van der Waals surface area (Å²) < 4.78 is 4.86.